The molecule has 0 atom stereocenters. The van der Waals surface area contributed by atoms with E-state index in [1.165, 1.54) is 13.0 Å². The third-order valence-corrected chi connectivity index (χ3v) is 2.56. The Hall–Kier alpha value is -2.17. The van der Waals surface area contributed by atoms with Gasteiger partial charge in [-0.25, -0.2) is 8.78 Å². The fraction of sp³-hybridized carbons (Fsp3) is 0.385. The second kappa shape index (κ2) is 6.52. The molecule has 21 heavy (non-hydrogen) atoms. The molecule has 0 radical (unpaired) electrons. The van der Waals surface area contributed by atoms with Crippen molar-refractivity contribution in [2.45, 2.75) is 25.9 Å². The van der Waals surface area contributed by atoms with Gasteiger partial charge in [-0.15, -0.1) is 0 Å². The summed E-state index contributed by atoms with van der Waals surface area (Å²) in [6, 6.07) is 2.64. The van der Waals surface area contributed by atoms with Crippen LogP contribution in [0.15, 0.2) is 12.1 Å². The number of esters is 1. The van der Waals surface area contributed by atoms with Crippen molar-refractivity contribution < 1.29 is 31.5 Å². The quantitative estimate of drug-likeness (QED) is 0.630. The van der Waals surface area contributed by atoms with Crippen LogP contribution >= 0.6 is 0 Å². The molecule has 1 rings (SSSR count). The van der Waals surface area contributed by atoms with Crippen molar-refractivity contribution in [3.05, 3.63) is 34.4 Å². The minimum Gasteiger partial charge on any atom is -0.466 e. The van der Waals surface area contributed by atoms with Crippen LogP contribution in [0.4, 0.5) is 22.0 Å². The molecule has 3 nitrogen and oxygen atoms in total. The predicted molar refractivity (Wildman–Crippen MR) is 61.5 cm³/mol. The summed E-state index contributed by atoms with van der Waals surface area (Å²) < 4.78 is 68.9. The molecule has 0 fully saturated rings. The normalized spacial score (nSPS) is 11.3. The van der Waals surface area contributed by atoms with Crippen LogP contribution in [0.1, 0.15) is 35.6 Å². The number of benzene rings is 1. The molecule has 0 aliphatic carbocycles. The lowest BCUT2D eigenvalue weighted by Gasteiger charge is -2.16. The van der Waals surface area contributed by atoms with Gasteiger partial charge in [-0.05, 0) is 24.6 Å². The van der Waals surface area contributed by atoms with Gasteiger partial charge >= 0.3 is 12.1 Å². The second-order valence-electron chi connectivity index (χ2n) is 3.99. The first-order chi connectivity index (χ1) is 9.70. The first kappa shape index (κ1) is 16.9. The summed E-state index contributed by atoms with van der Waals surface area (Å²) in [7, 11) is 0. The molecule has 0 amide bonds. The van der Waals surface area contributed by atoms with Gasteiger partial charge in [0.1, 0.15) is 0 Å². The van der Waals surface area contributed by atoms with Crippen LogP contribution in [-0.2, 0) is 22.1 Å². The van der Waals surface area contributed by atoms with Gasteiger partial charge in [0.05, 0.1) is 30.2 Å². The average molecular weight is 307 g/mol. The van der Waals surface area contributed by atoms with Crippen LogP contribution < -0.4 is 0 Å². The first-order valence-corrected chi connectivity index (χ1v) is 5.78. The number of nitrogens with zero attached hydrogens (tertiary/aromatic N) is 1. The largest absolute Gasteiger partial charge is 0.466 e. The lowest BCUT2D eigenvalue weighted by atomic mass is 9.95. The minimum atomic E-state index is -5.05. The Balaban J connectivity index is 3.46. The molecule has 114 valence electrons. The molecule has 0 aromatic heterocycles. The molecule has 1 aromatic carbocycles. The summed E-state index contributed by atoms with van der Waals surface area (Å²) >= 11 is 0. The topological polar surface area (TPSA) is 50.1 Å². The Kier molecular flexibility index (Phi) is 5.24. The highest BCUT2D eigenvalue weighted by atomic mass is 19.4. The first-order valence-electron chi connectivity index (χ1n) is 5.78. The van der Waals surface area contributed by atoms with Crippen LogP contribution in [0.3, 0.4) is 0 Å². The van der Waals surface area contributed by atoms with Crippen LogP contribution in [0.2, 0.25) is 0 Å². The van der Waals surface area contributed by atoms with Gasteiger partial charge in [0.2, 0.25) is 0 Å². The van der Waals surface area contributed by atoms with E-state index in [2.05, 4.69) is 4.74 Å². The Labute approximate surface area is 116 Å². The van der Waals surface area contributed by atoms with Crippen molar-refractivity contribution >= 4 is 5.97 Å². The van der Waals surface area contributed by atoms with Gasteiger partial charge in [0.25, 0.3) is 6.43 Å². The monoisotopic (exact) mass is 307 g/mol. The lowest BCUT2D eigenvalue weighted by molar-refractivity contribution is -0.143. The van der Waals surface area contributed by atoms with Crippen LogP contribution in [0, 0.1) is 11.3 Å². The summed E-state index contributed by atoms with van der Waals surface area (Å²) in [5.74, 6) is -0.942. The van der Waals surface area contributed by atoms with E-state index in [1.807, 2.05) is 0 Å². The fourth-order valence-electron chi connectivity index (χ4n) is 1.78. The number of carbonyl (C=O) groups excluding carboxylic acids is 1. The molecule has 1 aromatic rings. The molecular formula is C13H10F5NO2. The maximum atomic E-state index is 13.0. The van der Waals surface area contributed by atoms with Gasteiger partial charge in [-0.1, -0.05) is 0 Å². The van der Waals surface area contributed by atoms with E-state index < -0.39 is 47.2 Å². The SMILES string of the molecule is CCOC(=O)Cc1cc(C#N)cc(C(F)(F)F)c1C(F)F. The summed E-state index contributed by atoms with van der Waals surface area (Å²) in [6.07, 6.45) is -9.24. The Morgan fingerprint density at radius 3 is 2.43 bits per heavy atom. The van der Waals surface area contributed by atoms with Gasteiger partial charge < -0.3 is 4.74 Å². The fourth-order valence-corrected chi connectivity index (χ4v) is 1.78. The highest BCUT2D eigenvalue weighted by molar-refractivity contribution is 5.73. The van der Waals surface area contributed by atoms with E-state index in [0.29, 0.717) is 6.07 Å². The summed E-state index contributed by atoms with van der Waals surface area (Å²) in [6.45, 7) is 1.44. The predicted octanol–water partition coefficient (Wildman–Crippen LogP) is 3.62. The zero-order valence-corrected chi connectivity index (χ0v) is 10.8. The Bertz CT molecular complexity index is 575. The van der Waals surface area contributed by atoms with Gasteiger partial charge in [0, 0.05) is 5.56 Å². The zero-order chi connectivity index (χ0) is 16.2. The highest BCUT2D eigenvalue weighted by Gasteiger charge is 2.38. The number of alkyl halides is 5. The van der Waals surface area contributed by atoms with E-state index in [-0.39, 0.29) is 6.61 Å². The smallest absolute Gasteiger partial charge is 0.416 e. The number of rotatable bonds is 4. The average Bonchev–Trinajstić information content (AvgIpc) is 2.36. The molecule has 0 N–H and O–H groups in total. The number of hydrogen-bond acceptors (Lipinski definition) is 3. The molecule has 0 saturated carbocycles. The zero-order valence-electron chi connectivity index (χ0n) is 10.8. The molecule has 0 bridgehead atoms. The summed E-state index contributed by atoms with van der Waals surface area (Å²) in [4.78, 5) is 11.3. The molecular weight excluding hydrogens is 297 g/mol. The third kappa shape index (κ3) is 4.15. The molecule has 0 aliphatic rings. The number of carbonyl (C=O) groups is 1. The lowest BCUT2D eigenvalue weighted by Crippen LogP contribution is -2.16. The van der Waals surface area contributed by atoms with Crippen molar-refractivity contribution in [2.75, 3.05) is 6.61 Å². The Morgan fingerprint density at radius 1 is 1.38 bits per heavy atom. The van der Waals surface area contributed by atoms with Gasteiger partial charge in [-0.3, -0.25) is 4.79 Å². The molecule has 8 heteroatoms. The van der Waals surface area contributed by atoms with Crippen molar-refractivity contribution in [3.63, 3.8) is 0 Å². The summed E-state index contributed by atoms with van der Waals surface area (Å²) in [5.41, 5.74) is -3.92. The number of nitriles is 1. The van der Waals surface area contributed by atoms with Crippen molar-refractivity contribution in [2.24, 2.45) is 0 Å². The van der Waals surface area contributed by atoms with E-state index in [1.54, 1.807) is 0 Å². The van der Waals surface area contributed by atoms with E-state index >= 15 is 0 Å². The van der Waals surface area contributed by atoms with Crippen LogP contribution in [0.5, 0.6) is 0 Å². The van der Waals surface area contributed by atoms with Crippen molar-refractivity contribution in [3.8, 4) is 6.07 Å². The van der Waals surface area contributed by atoms with Crippen molar-refractivity contribution in [1.29, 1.82) is 5.26 Å². The van der Waals surface area contributed by atoms with Crippen molar-refractivity contribution in [1.82, 2.24) is 0 Å². The maximum Gasteiger partial charge on any atom is 0.416 e. The second-order valence-corrected chi connectivity index (χ2v) is 3.99. The van der Waals surface area contributed by atoms with Gasteiger partial charge in [-0.2, -0.15) is 18.4 Å². The Morgan fingerprint density at radius 2 is 2.00 bits per heavy atom. The maximum absolute atomic E-state index is 13.0. The van der Waals surface area contributed by atoms with Gasteiger partial charge in [0.15, 0.2) is 0 Å². The molecule has 0 heterocycles. The van der Waals surface area contributed by atoms with E-state index in [4.69, 9.17) is 5.26 Å². The molecule has 0 spiro atoms. The number of ether oxygens (including phenoxy) is 1. The van der Waals surface area contributed by atoms with E-state index in [9.17, 15) is 26.7 Å². The minimum absolute atomic E-state index is 0.0348. The number of halogens is 5. The molecule has 0 aliphatic heterocycles. The van der Waals surface area contributed by atoms with Crippen LogP contribution in [0.25, 0.3) is 0 Å². The van der Waals surface area contributed by atoms with Crippen LogP contribution in [-0.4, -0.2) is 12.6 Å². The third-order valence-electron chi connectivity index (χ3n) is 2.56. The summed E-state index contributed by atoms with van der Waals surface area (Å²) in [5, 5.41) is 8.70. The molecule has 0 unspecified atom stereocenters. The highest BCUT2D eigenvalue weighted by Crippen LogP contribution is 2.39. The standard InChI is InChI=1S/C13H10F5NO2/c1-2-21-10(20)5-8-3-7(6-19)4-9(13(16,17)18)11(8)12(14)15/h3-4,12H,2,5H2,1H3. The number of hydrogen-bond donors (Lipinski definition) is 0. The molecule has 0 saturated heterocycles. The van der Waals surface area contributed by atoms with E-state index in [0.717, 1.165) is 6.07 Å².